The third kappa shape index (κ3) is 9.37. The van der Waals surface area contributed by atoms with Crippen molar-refractivity contribution in [2.75, 3.05) is 6.54 Å². The van der Waals surface area contributed by atoms with E-state index in [4.69, 9.17) is 10.8 Å². The predicted molar refractivity (Wildman–Crippen MR) is 104 cm³/mol. The lowest BCUT2D eigenvalue weighted by Gasteiger charge is -2.27. The molecule has 0 radical (unpaired) electrons. The first-order chi connectivity index (χ1) is 13.4. The first-order valence-corrected chi connectivity index (χ1v) is 9.49. The molecule has 0 fully saturated rings. The summed E-state index contributed by atoms with van der Waals surface area (Å²) in [5.74, 6) is -5.17. The summed E-state index contributed by atoms with van der Waals surface area (Å²) in [5, 5.41) is 25.4. The Morgan fingerprint density at radius 3 is 1.90 bits per heavy atom. The molecule has 0 aromatic rings. The molecular formula is C18H32N4O7. The van der Waals surface area contributed by atoms with Crippen molar-refractivity contribution in [3.8, 4) is 0 Å². The Bertz CT molecular complexity index is 609. The van der Waals surface area contributed by atoms with Gasteiger partial charge in [-0.3, -0.25) is 19.2 Å². The van der Waals surface area contributed by atoms with E-state index in [1.807, 2.05) is 6.92 Å². The van der Waals surface area contributed by atoms with E-state index in [0.29, 0.717) is 6.42 Å². The number of carboxylic acids is 2. The molecule has 0 saturated carbocycles. The summed E-state index contributed by atoms with van der Waals surface area (Å²) in [6.07, 6.45) is -0.111. The number of rotatable bonds is 13. The van der Waals surface area contributed by atoms with Crippen LogP contribution in [0, 0.1) is 11.8 Å². The van der Waals surface area contributed by atoms with Gasteiger partial charge in [0.1, 0.15) is 18.1 Å². The number of hydrogen-bond acceptors (Lipinski definition) is 6. The maximum Gasteiger partial charge on any atom is 0.326 e. The Kier molecular flexibility index (Phi) is 11.5. The standard InChI is InChI=1S/C18H32N4O7/c1-5-10(4)15(21-12(23)8-19)17(27)20-11(6-7-13(24)25)16(26)22-14(9(2)3)18(28)29/h9-11,14-15H,5-8,19H2,1-4H3,(H,20,27)(H,21,23)(H,22,26)(H,24,25)(H,28,29). The molecule has 0 rings (SSSR count). The average Bonchev–Trinajstić information content (AvgIpc) is 2.65. The lowest BCUT2D eigenvalue weighted by atomic mass is 9.97. The first-order valence-electron chi connectivity index (χ1n) is 9.49. The highest BCUT2D eigenvalue weighted by molar-refractivity contribution is 5.94. The van der Waals surface area contributed by atoms with Gasteiger partial charge in [-0.15, -0.1) is 0 Å². The minimum absolute atomic E-state index is 0.241. The van der Waals surface area contributed by atoms with Gasteiger partial charge in [-0.25, -0.2) is 4.79 Å². The van der Waals surface area contributed by atoms with Crippen molar-refractivity contribution >= 4 is 29.7 Å². The molecule has 0 bridgehead atoms. The van der Waals surface area contributed by atoms with Crippen molar-refractivity contribution in [1.82, 2.24) is 16.0 Å². The number of hydrogen-bond donors (Lipinski definition) is 6. The zero-order valence-corrected chi connectivity index (χ0v) is 17.2. The molecule has 4 atom stereocenters. The number of carboxylic acid groups (broad SMARTS) is 2. The smallest absolute Gasteiger partial charge is 0.326 e. The van der Waals surface area contributed by atoms with Crippen molar-refractivity contribution in [3.05, 3.63) is 0 Å². The molecule has 0 spiro atoms. The molecule has 0 aliphatic carbocycles. The van der Waals surface area contributed by atoms with Crippen LogP contribution in [-0.4, -0.2) is 64.5 Å². The molecule has 166 valence electrons. The summed E-state index contributed by atoms with van der Waals surface area (Å²) in [6.45, 7) is 6.43. The molecule has 29 heavy (non-hydrogen) atoms. The first kappa shape index (κ1) is 26.3. The van der Waals surface area contributed by atoms with Crippen LogP contribution >= 0.6 is 0 Å². The molecule has 0 aliphatic heterocycles. The maximum atomic E-state index is 12.7. The number of nitrogens with one attached hydrogen (secondary N) is 3. The van der Waals surface area contributed by atoms with Gasteiger partial charge in [0.05, 0.1) is 6.54 Å². The average molecular weight is 416 g/mol. The third-order valence-electron chi connectivity index (χ3n) is 4.51. The Morgan fingerprint density at radius 1 is 0.897 bits per heavy atom. The van der Waals surface area contributed by atoms with Gasteiger partial charge in [-0.2, -0.15) is 0 Å². The quantitative estimate of drug-likeness (QED) is 0.221. The summed E-state index contributed by atoms with van der Waals surface area (Å²) in [4.78, 5) is 59.1. The summed E-state index contributed by atoms with van der Waals surface area (Å²) in [6, 6.07) is -3.45. The second-order valence-corrected chi connectivity index (χ2v) is 7.20. The number of carbonyl (C=O) groups excluding carboxylic acids is 3. The SMILES string of the molecule is CCC(C)C(NC(=O)CN)C(=O)NC(CCC(=O)O)C(=O)NC(C(=O)O)C(C)C. The number of nitrogens with two attached hydrogens (primary N) is 1. The van der Waals surface area contributed by atoms with Crippen molar-refractivity contribution in [1.29, 1.82) is 0 Å². The topological polar surface area (TPSA) is 188 Å². The second kappa shape index (κ2) is 12.7. The molecule has 0 saturated heterocycles. The van der Waals surface area contributed by atoms with Gasteiger partial charge in [0.2, 0.25) is 17.7 Å². The molecular weight excluding hydrogens is 384 g/mol. The van der Waals surface area contributed by atoms with Gasteiger partial charge in [-0.1, -0.05) is 34.1 Å². The summed E-state index contributed by atoms with van der Waals surface area (Å²) in [5.41, 5.74) is 5.28. The fourth-order valence-electron chi connectivity index (χ4n) is 2.50. The molecule has 3 amide bonds. The Labute approximate surface area is 169 Å². The van der Waals surface area contributed by atoms with E-state index >= 15 is 0 Å². The normalized spacial score (nSPS) is 15.0. The van der Waals surface area contributed by atoms with E-state index in [9.17, 15) is 29.1 Å². The highest BCUT2D eigenvalue weighted by atomic mass is 16.4. The lowest BCUT2D eigenvalue weighted by Crippen LogP contribution is -2.58. The lowest BCUT2D eigenvalue weighted by molar-refractivity contribution is -0.144. The van der Waals surface area contributed by atoms with E-state index in [1.54, 1.807) is 20.8 Å². The minimum atomic E-state index is -1.28. The van der Waals surface area contributed by atoms with Crippen LogP contribution in [-0.2, 0) is 24.0 Å². The monoisotopic (exact) mass is 416 g/mol. The van der Waals surface area contributed by atoms with E-state index in [0.717, 1.165) is 0 Å². The summed E-state index contributed by atoms with van der Waals surface area (Å²) < 4.78 is 0. The van der Waals surface area contributed by atoms with Gasteiger partial charge in [-0.05, 0) is 18.3 Å². The Hall–Kier alpha value is -2.69. The van der Waals surface area contributed by atoms with E-state index < -0.39 is 60.1 Å². The van der Waals surface area contributed by atoms with Crippen LogP contribution in [0.5, 0.6) is 0 Å². The second-order valence-electron chi connectivity index (χ2n) is 7.20. The molecule has 7 N–H and O–H groups in total. The van der Waals surface area contributed by atoms with Crippen LogP contribution in [0.1, 0.15) is 47.0 Å². The van der Waals surface area contributed by atoms with Gasteiger partial charge >= 0.3 is 11.9 Å². The van der Waals surface area contributed by atoms with Crippen molar-refractivity contribution < 1.29 is 34.2 Å². The van der Waals surface area contributed by atoms with Gasteiger partial charge < -0.3 is 31.9 Å². The summed E-state index contributed by atoms with van der Waals surface area (Å²) in [7, 11) is 0. The molecule has 0 heterocycles. The summed E-state index contributed by atoms with van der Waals surface area (Å²) >= 11 is 0. The third-order valence-corrected chi connectivity index (χ3v) is 4.51. The highest BCUT2D eigenvalue weighted by Gasteiger charge is 2.32. The zero-order chi connectivity index (χ0) is 22.7. The van der Waals surface area contributed by atoms with Crippen molar-refractivity contribution in [2.24, 2.45) is 17.6 Å². The Morgan fingerprint density at radius 2 is 1.48 bits per heavy atom. The van der Waals surface area contributed by atoms with Gasteiger partial charge in [0.25, 0.3) is 0 Å². The molecule has 11 heteroatoms. The number of aliphatic carboxylic acids is 2. The van der Waals surface area contributed by atoms with Crippen LogP contribution in [0.15, 0.2) is 0 Å². The van der Waals surface area contributed by atoms with E-state index in [-0.39, 0.29) is 18.9 Å². The Balaban J connectivity index is 5.48. The molecule has 11 nitrogen and oxygen atoms in total. The van der Waals surface area contributed by atoms with Gasteiger partial charge in [0, 0.05) is 6.42 Å². The van der Waals surface area contributed by atoms with Crippen LogP contribution < -0.4 is 21.7 Å². The predicted octanol–water partition coefficient (Wildman–Crippen LogP) is -0.949. The minimum Gasteiger partial charge on any atom is -0.481 e. The molecule has 0 aromatic heterocycles. The van der Waals surface area contributed by atoms with Crippen molar-refractivity contribution in [3.63, 3.8) is 0 Å². The van der Waals surface area contributed by atoms with Crippen LogP contribution in [0.2, 0.25) is 0 Å². The molecule has 0 aliphatic rings. The number of amides is 3. The molecule has 0 aromatic carbocycles. The van der Waals surface area contributed by atoms with Gasteiger partial charge in [0.15, 0.2) is 0 Å². The van der Waals surface area contributed by atoms with E-state index in [1.165, 1.54) is 0 Å². The van der Waals surface area contributed by atoms with Crippen LogP contribution in [0.3, 0.4) is 0 Å². The highest BCUT2D eigenvalue weighted by Crippen LogP contribution is 2.10. The molecule has 4 unspecified atom stereocenters. The van der Waals surface area contributed by atoms with Crippen molar-refractivity contribution in [2.45, 2.75) is 65.1 Å². The zero-order valence-electron chi connectivity index (χ0n) is 17.2. The number of carbonyl (C=O) groups is 5. The van der Waals surface area contributed by atoms with Crippen LogP contribution in [0.25, 0.3) is 0 Å². The maximum absolute atomic E-state index is 12.7. The van der Waals surface area contributed by atoms with Crippen LogP contribution in [0.4, 0.5) is 0 Å². The largest absolute Gasteiger partial charge is 0.481 e. The van der Waals surface area contributed by atoms with E-state index in [2.05, 4.69) is 16.0 Å². The fourth-order valence-corrected chi connectivity index (χ4v) is 2.50. The fraction of sp³-hybridized carbons (Fsp3) is 0.722.